The van der Waals surface area contributed by atoms with E-state index in [2.05, 4.69) is 10.2 Å². The molecule has 0 saturated carbocycles. The summed E-state index contributed by atoms with van der Waals surface area (Å²) in [6.07, 6.45) is -4.77. The van der Waals surface area contributed by atoms with E-state index in [-0.39, 0.29) is 18.5 Å². The molecule has 1 aliphatic heterocycles. The van der Waals surface area contributed by atoms with E-state index in [4.69, 9.17) is 17.0 Å². The minimum Gasteiger partial charge on any atom is -0.489 e. The molecule has 1 aromatic carbocycles. The van der Waals surface area contributed by atoms with Crippen LogP contribution >= 0.6 is 12.2 Å². The number of likely N-dealkylation sites (N-methyl/N-ethyl adjacent to an activating group) is 1. The first-order chi connectivity index (χ1) is 9.41. The molecule has 0 fully saturated rings. The number of azo groups is 1. The fraction of sp³-hybridized carbons (Fsp3) is 0.417. The first-order valence-corrected chi connectivity index (χ1v) is 6.34. The summed E-state index contributed by atoms with van der Waals surface area (Å²) in [6.45, 7) is 2.60. The summed E-state index contributed by atoms with van der Waals surface area (Å²) in [7, 11) is 0. The monoisotopic (exact) mass is 303 g/mol. The zero-order valence-corrected chi connectivity index (χ0v) is 11.4. The highest BCUT2D eigenvalue weighted by molar-refractivity contribution is 7.80. The predicted molar refractivity (Wildman–Crippen MR) is 70.6 cm³/mol. The maximum absolute atomic E-state index is 12.6. The number of halogens is 3. The average molecular weight is 303 g/mol. The van der Waals surface area contributed by atoms with E-state index in [1.54, 1.807) is 4.90 Å². The standard InChI is InChI=1S/C12H12F3N3OS/c1-2-18-10(16-17-11(18)20)7-19-9-5-3-4-8(6-9)12(13,14)15/h3-6,10H,2,7H2,1H3. The molecule has 0 amide bonds. The van der Waals surface area contributed by atoms with E-state index in [1.165, 1.54) is 12.1 Å². The summed E-state index contributed by atoms with van der Waals surface area (Å²) < 4.78 is 43.0. The molecular weight excluding hydrogens is 291 g/mol. The van der Waals surface area contributed by atoms with Crippen molar-refractivity contribution in [2.45, 2.75) is 19.3 Å². The Kier molecular flexibility index (Phi) is 4.22. The number of nitrogens with zero attached hydrogens (tertiary/aromatic N) is 3. The fourth-order valence-corrected chi connectivity index (χ4v) is 2.06. The Hall–Kier alpha value is -1.70. The molecule has 20 heavy (non-hydrogen) atoms. The van der Waals surface area contributed by atoms with Gasteiger partial charge in [0.1, 0.15) is 12.4 Å². The molecule has 2 rings (SSSR count). The molecule has 4 nitrogen and oxygen atoms in total. The fourth-order valence-electron chi connectivity index (χ4n) is 1.77. The van der Waals surface area contributed by atoms with Crippen LogP contribution in [0.15, 0.2) is 34.5 Å². The van der Waals surface area contributed by atoms with E-state index in [1.807, 2.05) is 6.92 Å². The molecule has 0 aromatic heterocycles. The zero-order valence-electron chi connectivity index (χ0n) is 10.6. The number of alkyl halides is 3. The molecule has 0 radical (unpaired) electrons. The van der Waals surface area contributed by atoms with E-state index in [9.17, 15) is 13.2 Å². The van der Waals surface area contributed by atoms with Gasteiger partial charge in [-0.1, -0.05) is 6.07 Å². The molecule has 0 bridgehead atoms. The lowest BCUT2D eigenvalue weighted by molar-refractivity contribution is -0.137. The summed E-state index contributed by atoms with van der Waals surface area (Å²) in [6, 6.07) is 4.72. The lowest BCUT2D eigenvalue weighted by Gasteiger charge is -2.21. The van der Waals surface area contributed by atoms with Crippen LogP contribution in [-0.2, 0) is 6.18 Å². The van der Waals surface area contributed by atoms with Crippen molar-refractivity contribution in [1.29, 1.82) is 0 Å². The van der Waals surface area contributed by atoms with E-state index in [0.29, 0.717) is 11.7 Å². The van der Waals surface area contributed by atoms with E-state index >= 15 is 0 Å². The van der Waals surface area contributed by atoms with Crippen LogP contribution in [0.5, 0.6) is 5.75 Å². The highest BCUT2D eigenvalue weighted by Gasteiger charge is 2.31. The molecule has 1 unspecified atom stereocenters. The van der Waals surface area contributed by atoms with Crippen molar-refractivity contribution in [3.8, 4) is 5.75 Å². The first-order valence-electron chi connectivity index (χ1n) is 5.93. The van der Waals surface area contributed by atoms with Gasteiger partial charge in [-0.3, -0.25) is 0 Å². The average Bonchev–Trinajstić information content (AvgIpc) is 2.76. The number of thiocarbonyl (C=S) groups is 1. The second-order valence-corrected chi connectivity index (χ2v) is 4.47. The predicted octanol–water partition coefficient (Wildman–Crippen LogP) is 3.48. The minimum atomic E-state index is -4.39. The third-order valence-corrected chi connectivity index (χ3v) is 3.10. The summed E-state index contributed by atoms with van der Waals surface area (Å²) in [5, 5.41) is 8.04. The van der Waals surface area contributed by atoms with Crippen LogP contribution in [0, 0.1) is 0 Å². The van der Waals surface area contributed by atoms with Gasteiger partial charge in [0, 0.05) is 6.54 Å². The Morgan fingerprint density at radius 2 is 2.15 bits per heavy atom. The van der Waals surface area contributed by atoms with Crippen LogP contribution in [0.4, 0.5) is 13.2 Å². The quantitative estimate of drug-likeness (QED) is 0.799. The lowest BCUT2D eigenvalue weighted by atomic mass is 10.2. The van der Waals surface area contributed by atoms with Crippen LogP contribution < -0.4 is 4.74 Å². The van der Waals surface area contributed by atoms with Gasteiger partial charge in [0.05, 0.1) is 5.56 Å². The minimum absolute atomic E-state index is 0.0960. The normalized spacial score (nSPS) is 18.7. The first kappa shape index (κ1) is 14.7. The number of rotatable bonds is 4. The topological polar surface area (TPSA) is 37.2 Å². The Labute approximate surface area is 119 Å². The van der Waals surface area contributed by atoms with Crippen molar-refractivity contribution in [2.24, 2.45) is 10.2 Å². The molecule has 1 heterocycles. The van der Waals surface area contributed by atoms with Crippen molar-refractivity contribution in [3.05, 3.63) is 29.8 Å². The highest BCUT2D eigenvalue weighted by atomic mass is 32.1. The lowest BCUT2D eigenvalue weighted by Crippen LogP contribution is -2.36. The number of hydrogen-bond acceptors (Lipinski definition) is 3. The molecule has 8 heteroatoms. The van der Waals surface area contributed by atoms with E-state index < -0.39 is 11.7 Å². The third-order valence-electron chi connectivity index (χ3n) is 2.78. The van der Waals surface area contributed by atoms with Crippen LogP contribution in [0.3, 0.4) is 0 Å². The molecule has 0 spiro atoms. The van der Waals surface area contributed by atoms with Crippen LogP contribution in [0.2, 0.25) is 0 Å². The van der Waals surface area contributed by atoms with Crippen LogP contribution in [0.25, 0.3) is 0 Å². The van der Waals surface area contributed by atoms with Crippen molar-refractivity contribution < 1.29 is 17.9 Å². The smallest absolute Gasteiger partial charge is 0.416 e. The summed E-state index contributed by atoms with van der Waals surface area (Å²) in [5.41, 5.74) is -0.745. The number of ether oxygens (including phenoxy) is 1. The van der Waals surface area contributed by atoms with Crippen molar-refractivity contribution in [3.63, 3.8) is 0 Å². The SMILES string of the molecule is CCN1C(=S)N=NC1COc1cccc(C(F)(F)F)c1. The molecule has 1 aliphatic rings. The highest BCUT2D eigenvalue weighted by Crippen LogP contribution is 2.31. The van der Waals surface area contributed by atoms with Crippen molar-refractivity contribution in [1.82, 2.24) is 4.90 Å². The maximum atomic E-state index is 12.6. The Morgan fingerprint density at radius 1 is 1.40 bits per heavy atom. The van der Waals surface area contributed by atoms with Crippen molar-refractivity contribution >= 4 is 17.3 Å². The van der Waals surface area contributed by atoms with Gasteiger partial charge in [-0.15, -0.1) is 5.11 Å². The second-order valence-electron chi connectivity index (χ2n) is 4.10. The molecule has 1 aromatic rings. The van der Waals surface area contributed by atoms with Gasteiger partial charge in [0.15, 0.2) is 6.17 Å². The van der Waals surface area contributed by atoms with Crippen LogP contribution in [0.1, 0.15) is 12.5 Å². The molecule has 108 valence electrons. The molecular formula is C12H12F3N3OS. The van der Waals surface area contributed by atoms with Gasteiger partial charge in [0.25, 0.3) is 0 Å². The van der Waals surface area contributed by atoms with Crippen molar-refractivity contribution in [2.75, 3.05) is 13.2 Å². The van der Waals surface area contributed by atoms with Gasteiger partial charge >= 0.3 is 6.18 Å². The molecule has 0 aliphatic carbocycles. The Bertz CT molecular complexity index is 533. The molecule has 0 N–H and O–H groups in total. The Morgan fingerprint density at radius 3 is 2.80 bits per heavy atom. The van der Waals surface area contributed by atoms with Gasteiger partial charge < -0.3 is 9.64 Å². The number of hydrogen-bond donors (Lipinski definition) is 0. The summed E-state index contributed by atoms with van der Waals surface area (Å²) in [4.78, 5) is 1.74. The molecule has 1 atom stereocenters. The third kappa shape index (κ3) is 3.24. The second kappa shape index (κ2) is 5.74. The van der Waals surface area contributed by atoms with E-state index in [0.717, 1.165) is 12.1 Å². The number of benzene rings is 1. The summed E-state index contributed by atoms with van der Waals surface area (Å²) in [5.74, 6) is 0.142. The largest absolute Gasteiger partial charge is 0.489 e. The molecule has 0 saturated heterocycles. The van der Waals surface area contributed by atoms with Crippen LogP contribution in [-0.4, -0.2) is 29.3 Å². The van der Waals surface area contributed by atoms with Gasteiger partial charge in [-0.05, 0) is 37.3 Å². The van der Waals surface area contributed by atoms with Gasteiger partial charge in [-0.2, -0.15) is 18.3 Å². The Balaban J connectivity index is 2.01. The summed E-state index contributed by atoms with van der Waals surface area (Å²) >= 11 is 4.98. The van der Waals surface area contributed by atoms with Gasteiger partial charge in [-0.25, -0.2) is 0 Å². The van der Waals surface area contributed by atoms with Gasteiger partial charge in [0.2, 0.25) is 5.11 Å². The zero-order chi connectivity index (χ0) is 14.8. The maximum Gasteiger partial charge on any atom is 0.416 e.